The van der Waals surface area contributed by atoms with E-state index in [0.717, 1.165) is 4.90 Å². The monoisotopic (exact) mass is 249 g/mol. The van der Waals surface area contributed by atoms with Crippen LogP contribution in [0.4, 0.5) is 4.79 Å². The zero-order chi connectivity index (χ0) is 12.6. The Bertz CT molecular complexity index is 256. The van der Waals surface area contributed by atoms with E-state index in [9.17, 15) is 14.4 Å². The van der Waals surface area contributed by atoms with Gasteiger partial charge in [-0.05, 0) is 6.26 Å². The number of aliphatic carboxylic acids is 1. The van der Waals surface area contributed by atoms with Crippen molar-refractivity contribution in [1.29, 1.82) is 0 Å². The van der Waals surface area contributed by atoms with Crippen LogP contribution in [-0.4, -0.2) is 59.6 Å². The van der Waals surface area contributed by atoms with Crippen LogP contribution in [0.1, 0.15) is 0 Å². The van der Waals surface area contributed by atoms with Gasteiger partial charge in [-0.15, -0.1) is 0 Å². The first kappa shape index (κ1) is 14.6. The summed E-state index contributed by atoms with van der Waals surface area (Å²) in [4.78, 5) is 33.4. The number of urea groups is 1. The van der Waals surface area contributed by atoms with E-state index in [0.29, 0.717) is 12.3 Å². The SMILES string of the molecule is CSCCNC(=O)N(CC(N)=O)CC(=O)O. The Hall–Kier alpha value is -1.44. The molecule has 0 unspecified atom stereocenters. The number of nitrogens with zero attached hydrogens (tertiary/aromatic N) is 1. The maximum Gasteiger partial charge on any atom is 0.323 e. The number of carboxylic acid groups (broad SMARTS) is 1. The second-order valence-corrected chi connectivity index (χ2v) is 3.93. The maximum absolute atomic E-state index is 11.4. The molecule has 0 saturated heterocycles. The fourth-order valence-corrected chi connectivity index (χ4v) is 1.23. The second-order valence-electron chi connectivity index (χ2n) is 2.94. The molecule has 4 N–H and O–H groups in total. The average Bonchev–Trinajstić information content (AvgIpc) is 2.15. The van der Waals surface area contributed by atoms with E-state index in [2.05, 4.69) is 5.32 Å². The van der Waals surface area contributed by atoms with Gasteiger partial charge in [-0.3, -0.25) is 9.59 Å². The Balaban J connectivity index is 4.20. The quantitative estimate of drug-likeness (QED) is 0.497. The van der Waals surface area contributed by atoms with Crippen LogP contribution in [0.3, 0.4) is 0 Å². The van der Waals surface area contributed by atoms with Crippen molar-refractivity contribution < 1.29 is 19.5 Å². The number of carbonyl (C=O) groups is 3. The fraction of sp³-hybridized carbons (Fsp3) is 0.625. The minimum absolute atomic E-state index is 0.405. The maximum atomic E-state index is 11.4. The Morgan fingerprint density at radius 1 is 1.38 bits per heavy atom. The zero-order valence-electron chi connectivity index (χ0n) is 8.93. The van der Waals surface area contributed by atoms with Crippen LogP contribution in [0.25, 0.3) is 0 Å². The number of carbonyl (C=O) groups excluding carboxylic acids is 2. The second kappa shape index (κ2) is 7.80. The van der Waals surface area contributed by atoms with Crippen molar-refractivity contribution in [3.8, 4) is 0 Å². The normalized spacial score (nSPS) is 9.56. The summed E-state index contributed by atoms with van der Waals surface area (Å²) in [6.45, 7) is -0.541. The molecule has 0 aliphatic carbocycles. The highest BCUT2D eigenvalue weighted by atomic mass is 32.2. The highest BCUT2D eigenvalue weighted by Gasteiger charge is 2.17. The van der Waals surface area contributed by atoms with Crippen LogP contribution >= 0.6 is 11.8 Å². The molecule has 0 aromatic heterocycles. The molecule has 0 saturated carbocycles. The van der Waals surface area contributed by atoms with Crippen LogP contribution in [0.2, 0.25) is 0 Å². The third-order valence-corrected chi connectivity index (χ3v) is 2.15. The first-order valence-electron chi connectivity index (χ1n) is 4.49. The molecule has 0 aliphatic heterocycles. The third-order valence-electron chi connectivity index (χ3n) is 1.54. The summed E-state index contributed by atoms with van der Waals surface area (Å²) >= 11 is 1.54. The van der Waals surface area contributed by atoms with Crippen molar-refractivity contribution in [3.63, 3.8) is 0 Å². The first-order chi connectivity index (χ1) is 7.47. The first-order valence-corrected chi connectivity index (χ1v) is 5.88. The minimum atomic E-state index is -1.19. The lowest BCUT2D eigenvalue weighted by molar-refractivity contribution is -0.137. The Morgan fingerprint density at radius 3 is 2.44 bits per heavy atom. The lowest BCUT2D eigenvalue weighted by Crippen LogP contribution is -2.47. The molecule has 8 heteroatoms. The van der Waals surface area contributed by atoms with Gasteiger partial charge in [0.1, 0.15) is 13.1 Å². The summed E-state index contributed by atoms with van der Waals surface area (Å²) in [5, 5.41) is 11.0. The molecule has 0 bridgehead atoms. The molecule has 0 rings (SSSR count). The molecule has 0 heterocycles. The van der Waals surface area contributed by atoms with Crippen LogP contribution in [0.5, 0.6) is 0 Å². The molecule has 3 amide bonds. The molecule has 92 valence electrons. The zero-order valence-corrected chi connectivity index (χ0v) is 9.75. The van der Waals surface area contributed by atoms with Crippen molar-refractivity contribution in [2.75, 3.05) is 31.6 Å². The summed E-state index contributed by atoms with van der Waals surface area (Å²) in [6, 6.07) is -0.602. The Labute approximate surface area is 97.3 Å². The van der Waals surface area contributed by atoms with E-state index in [1.807, 2.05) is 6.26 Å². The highest BCUT2D eigenvalue weighted by molar-refractivity contribution is 7.98. The number of nitrogens with one attached hydrogen (secondary N) is 1. The van der Waals surface area contributed by atoms with Crippen molar-refractivity contribution in [2.45, 2.75) is 0 Å². The van der Waals surface area contributed by atoms with Crippen LogP contribution in [0.15, 0.2) is 0 Å². The molecule has 0 aliphatic rings. The number of nitrogens with two attached hydrogens (primary N) is 1. The van der Waals surface area contributed by atoms with Crippen molar-refractivity contribution >= 4 is 29.7 Å². The lowest BCUT2D eigenvalue weighted by atomic mass is 10.4. The number of amides is 3. The fourth-order valence-electron chi connectivity index (χ4n) is 0.923. The van der Waals surface area contributed by atoms with Crippen LogP contribution < -0.4 is 11.1 Å². The molecule has 0 atom stereocenters. The topological polar surface area (TPSA) is 113 Å². The number of rotatable bonds is 7. The third kappa shape index (κ3) is 6.93. The summed E-state index contributed by atoms with van der Waals surface area (Å²) in [6.07, 6.45) is 1.88. The summed E-state index contributed by atoms with van der Waals surface area (Å²) in [5.74, 6) is -1.23. The van der Waals surface area contributed by atoms with E-state index in [4.69, 9.17) is 10.8 Å². The smallest absolute Gasteiger partial charge is 0.323 e. The predicted molar refractivity (Wildman–Crippen MR) is 60.2 cm³/mol. The molecule has 0 aromatic carbocycles. The molecule has 0 fully saturated rings. The van der Waals surface area contributed by atoms with Gasteiger partial charge in [0.05, 0.1) is 0 Å². The average molecular weight is 249 g/mol. The predicted octanol–water partition coefficient (Wildman–Crippen LogP) is -1.07. The standard InChI is InChI=1S/C8H15N3O4S/c1-16-3-2-10-8(15)11(4-6(9)12)5-7(13)14/h2-5H2,1H3,(H2,9,12)(H,10,15)(H,13,14). The number of hydrogen-bond donors (Lipinski definition) is 3. The van der Waals surface area contributed by atoms with Gasteiger partial charge < -0.3 is 21.1 Å². The van der Waals surface area contributed by atoms with Crippen molar-refractivity contribution in [1.82, 2.24) is 10.2 Å². The number of thioether (sulfide) groups is 1. The highest BCUT2D eigenvalue weighted by Crippen LogP contribution is 1.92. The molecule has 0 spiro atoms. The summed E-state index contributed by atoms with van der Waals surface area (Å²) < 4.78 is 0. The van der Waals surface area contributed by atoms with E-state index in [-0.39, 0.29) is 0 Å². The lowest BCUT2D eigenvalue weighted by Gasteiger charge is -2.19. The van der Waals surface area contributed by atoms with E-state index in [1.54, 1.807) is 11.8 Å². The van der Waals surface area contributed by atoms with Crippen LogP contribution in [0, 0.1) is 0 Å². The van der Waals surface area contributed by atoms with Gasteiger partial charge in [-0.25, -0.2) is 4.79 Å². The molecular formula is C8H15N3O4S. The van der Waals surface area contributed by atoms with Crippen molar-refractivity contribution in [2.24, 2.45) is 5.73 Å². The number of hydrogen-bond acceptors (Lipinski definition) is 4. The van der Waals surface area contributed by atoms with E-state index in [1.165, 1.54) is 0 Å². The molecule has 16 heavy (non-hydrogen) atoms. The van der Waals surface area contributed by atoms with Gasteiger partial charge in [-0.1, -0.05) is 0 Å². The molecule has 7 nitrogen and oxygen atoms in total. The Kier molecular flexibility index (Phi) is 7.10. The molecule has 0 radical (unpaired) electrons. The molecule has 0 aromatic rings. The minimum Gasteiger partial charge on any atom is -0.480 e. The van der Waals surface area contributed by atoms with Crippen LogP contribution in [-0.2, 0) is 9.59 Å². The van der Waals surface area contributed by atoms with Gasteiger partial charge in [0, 0.05) is 12.3 Å². The number of carboxylic acids is 1. The van der Waals surface area contributed by atoms with Gasteiger partial charge in [0.25, 0.3) is 0 Å². The Morgan fingerprint density at radius 2 is 2.00 bits per heavy atom. The van der Waals surface area contributed by atoms with E-state index < -0.39 is 31.0 Å². The van der Waals surface area contributed by atoms with Crippen molar-refractivity contribution in [3.05, 3.63) is 0 Å². The summed E-state index contributed by atoms with van der Waals surface area (Å²) in [7, 11) is 0. The summed E-state index contributed by atoms with van der Waals surface area (Å²) in [5.41, 5.74) is 4.90. The molecular weight excluding hydrogens is 234 g/mol. The van der Waals surface area contributed by atoms with Gasteiger partial charge in [-0.2, -0.15) is 11.8 Å². The van der Waals surface area contributed by atoms with Gasteiger partial charge in [0.2, 0.25) is 5.91 Å². The van der Waals surface area contributed by atoms with Gasteiger partial charge in [0.15, 0.2) is 0 Å². The largest absolute Gasteiger partial charge is 0.480 e. The van der Waals surface area contributed by atoms with Gasteiger partial charge >= 0.3 is 12.0 Å². The number of primary amides is 1. The van der Waals surface area contributed by atoms with E-state index >= 15 is 0 Å².